The molecule has 1 aromatic carbocycles. The zero-order chi connectivity index (χ0) is 12.6. The lowest BCUT2D eigenvalue weighted by molar-refractivity contribution is 0.116. The Kier molecular flexibility index (Phi) is 3.18. The van der Waals surface area contributed by atoms with Crippen LogP contribution in [0.1, 0.15) is 18.1 Å². The lowest BCUT2D eigenvalue weighted by Gasteiger charge is -2.17. The molecule has 1 heterocycles. The van der Waals surface area contributed by atoms with Crippen LogP contribution < -0.4 is 0 Å². The van der Waals surface area contributed by atoms with Crippen LogP contribution in [0.3, 0.4) is 0 Å². The molecule has 0 bridgehead atoms. The van der Waals surface area contributed by atoms with Gasteiger partial charge in [0.15, 0.2) is 21.5 Å². The Morgan fingerprint density at radius 2 is 2.06 bits per heavy atom. The fourth-order valence-corrected chi connectivity index (χ4v) is 3.91. The van der Waals surface area contributed by atoms with E-state index in [0.29, 0.717) is 0 Å². The Hall–Kier alpha value is -1.01. The number of hydrogen-bond donors (Lipinski definition) is 1. The van der Waals surface area contributed by atoms with Gasteiger partial charge in [-0.3, -0.25) is 0 Å². The van der Waals surface area contributed by atoms with Crippen molar-refractivity contribution in [2.75, 3.05) is 11.5 Å². The summed E-state index contributed by atoms with van der Waals surface area (Å²) in [4.78, 5) is 0. The summed E-state index contributed by atoms with van der Waals surface area (Å²) in [7, 11) is -3.15. The van der Waals surface area contributed by atoms with E-state index in [-0.39, 0.29) is 23.5 Å². The smallest absolute Gasteiger partial charge is 0.164 e. The maximum absolute atomic E-state index is 13.4. The Balaban J connectivity index is 2.26. The van der Waals surface area contributed by atoms with Crippen molar-refractivity contribution in [3.8, 4) is 0 Å². The van der Waals surface area contributed by atoms with Crippen LogP contribution >= 0.6 is 0 Å². The summed E-state index contributed by atoms with van der Waals surface area (Å²) in [5.74, 6) is -2.89. The van der Waals surface area contributed by atoms with Gasteiger partial charge in [-0.2, -0.15) is 0 Å². The SMILES string of the molecule is O=S1(=O)CCC(C(O)c2cccc(F)c2F)C1. The van der Waals surface area contributed by atoms with E-state index in [1.54, 1.807) is 0 Å². The van der Waals surface area contributed by atoms with Crippen LogP contribution in [0.5, 0.6) is 0 Å². The second kappa shape index (κ2) is 4.34. The average Bonchev–Trinajstić information content (AvgIpc) is 2.62. The fraction of sp³-hybridized carbons (Fsp3) is 0.455. The molecule has 17 heavy (non-hydrogen) atoms. The van der Waals surface area contributed by atoms with Gasteiger partial charge in [0.2, 0.25) is 0 Å². The molecule has 2 unspecified atom stereocenters. The van der Waals surface area contributed by atoms with Crippen molar-refractivity contribution in [1.82, 2.24) is 0 Å². The number of halogens is 2. The summed E-state index contributed by atoms with van der Waals surface area (Å²) in [5.41, 5.74) is -0.174. The van der Waals surface area contributed by atoms with E-state index in [1.807, 2.05) is 0 Å². The van der Waals surface area contributed by atoms with Crippen molar-refractivity contribution in [3.05, 3.63) is 35.4 Å². The zero-order valence-electron chi connectivity index (χ0n) is 8.94. The zero-order valence-corrected chi connectivity index (χ0v) is 9.75. The Morgan fingerprint density at radius 1 is 1.35 bits per heavy atom. The van der Waals surface area contributed by atoms with E-state index in [1.165, 1.54) is 12.1 Å². The third-order valence-electron chi connectivity index (χ3n) is 3.01. The topological polar surface area (TPSA) is 54.4 Å². The number of hydrogen-bond acceptors (Lipinski definition) is 3. The van der Waals surface area contributed by atoms with Gasteiger partial charge in [-0.15, -0.1) is 0 Å². The lowest BCUT2D eigenvalue weighted by atomic mass is 9.95. The van der Waals surface area contributed by atoms with Crippen LogP contribution in [-0.4, -0.2) is 25.0 Å². The summed E-state index contributed by atoms with van der Waals surface area (Å²) < 4.78 is 48.9. The number of aliphatic hydroxyl groups is 1. The fourth-order valence-electron chi connectivity index (χ4n) is 2.08. The molecule has 94 valence electrons. The van der Waals surface area contributed by atoms with Crippen LogP contribution in [0, 0.1) is 17.6 Å². The highest BCUT2D eigenvalue weighted by molar-refractivity contribution is 7.91. The van der Waals surface area contributed by atoms with Gasteiger partial charge in [-0.25, -0.2) is 17.2 Å². The predicted octanol–water partition coefficient (Wildman–Crippen LogP) is 1.43. The molecule has 1 saturated heterocycles. The molecule has 2 rings (SSSR count). The van der Waals surface area contributed by atoms with Crippen LogP contribution in [0.2, 0.25) is 0 Å². The molecule has 2 atom stereocenters. The van der Waals surface area contributed by atoms with E-state index in [2.05, 4.69) is 0 Å². The van der Waals surface area contributed by atoms with Crippen molar-refractivity contribution in [1.29, 1.82) is 0 Å². The minimum Gasteiger partial charge on any atom is -0.388 e. The van der Waals surface area contributed by atoms with Crippen LogP contribution in [0.25, 0.3) is 0 Å². The highest BCUT2D eigenvalue weighted by atomic mass is 32.2. The van der Waals surface area contributed by atoms with Gasteiger partial charge >= 0.3 is 0 Å². The van der Waals surface area contributed by atoms with Gasteiger partial charge in [0.1, 0.15) is 0 Å². The average molecular weight is 262 g/mol. The van der Waals surface area contributed by atoms with E-state index < -0.39 is 33.5 Å². The molecule has 0 radical (unpaired) electrons. The summed E-state index contributed by atoms with van der Waals surface area (Å²) in [6.45, 7) is 0. The van der Waals surface area contributed by atoms with Gasteiger partial charge in [-0.05, 0) is 12.5 Å². The molecule has 0 saturated carbocycles. The second-order valence-corrected chi connectivity index (χ2v) is 6.48. The molecule has 1 aliphatic rings. The van der Waals surface area contributed by atoms with Gasteiger partial charge < -0.3 is 5.11 Å². The molecule has 0 amide bonds. The van der Waals surface area contributed by atoms with Crippen LogP contribution in [0.4, 0.5) is 8.78 Å². The Morgan fingerprint density at radius 3 is 2.65 bits per heavy atom. The minimum absolute atomic E-state index is 0.00827. The first-order chi connectivity index (χ1) is 7.91. The third-order valence-corrected chi connectivity index (χ3v) is 4.81. The van der Waals surface area contributed by atoms with Gasteiger partial charge in [0.25, 0.3) is 0 Å². The molecule has 1 aromatic rings. The molecular weight excluding hydrogens is 250 g/mol. The Bertz CT molecular complexity index is 528. The van der Waals surface area contributed by atoms with Crippen molar-refractivity contribution in [3.63, 3.8) is 0 Å². The summed E-state index contributed by atoms with van der Waals surface area (Å²) >= 11 is 0. The monoisotopic (exact) mass is 262 g/mol. The lowest BCUT2D eigenvalue weighted by Crippen LogP contribution is -2.16. The maximum atomic E-state index is 13.4. The quantitative estimate of drug-likeness (QED) is 0.877. The number of benzene rings is 1. The van der Waals surface area contributed by atoms with E-state index >= 15 is 0 Å². The first-order valence-electron chi connectivity index (χ1n) is 5.23. The van der Waals surface area contributed by atoms with E-state index in [4.69, 9.17) is 0 Å². The molecular formula is C11H12F2O3S. The van der Waals surface area contributed by atoms with Gasteiger partial charge in [0.05, 0.1) is 17.6 Å². The number of sulfone groups is 1. The number of rotatable bonds is 2. The summed E-state index contributed by atoms with van der Waals surface area (Å²) in [5, 5.41) is 9.89. The maximum Gasteiger partial charge on any atom is 0.164 e. The first-order valence-corrected chi connectivity index (χ1v) is 7.05. The molecule has 1 fully saturated rings. The first kappa shape index (κ1) is 12.4. The van der Waals surface area contributed by atoms with Gasteiger partial charge in [0, 0.05) is 11.5 Å². The normalized spacial score (nSPS) is 24.8. The molecule has 1 N–H and O–H groups in total. The van der Waals surface area contributed by atoms with Crippen LogP contribution in [-0.2, 0) is 9.84 Å². The van der Waals surface area contributed by atoms with Crippen molar-refractivity contribution < 1.29 is 22.3 Å². The molecule has 0 spiro atoms. The summed E-state index contributed by atoms with van der Waals surface area (Å²) in [6, 6.07) is 3.52. The van der Waals surface area contributed by atoms with Crippen molar-refractivity contribution >= 4 is 9.84 Å². The van der Waals surface area contributed by atoms with E-state index in [0.717, 1.165) is 6.07 Å². The molecule has 1 aliphatic heterocycles. The predicted molar refractivity (Wildman–Crippen MR) is 58.1 cm³/mol. The molecule has 6 heteroatoms. The minimum atomic E-state index is -3.15. The third kappa shape index (κ3) is 2.47. The molecule has 3 nitrogen and oxygen atoms in total. The number of aliphatic hydroxyl groups excluding tert-OH is 1. The highest BCUT2D eigenvalue weighted by Crippen LogP contribution is 2.32. The largest absolute Gasteiger partial charge is 0.388 e. The molecule has 0 aromatic heterocycles. The van der Waals surface area contributed by atoms with Gasteiger partial charge in [-0.1, -0.05) is 12.1 Å². The highest BCUT2D eigenvalue weighted by Gasteiger charge is 2.34. The van der Waals surface area contributed by atoms with Crippen molar-refractivity contribution in [2.24, 2.45) is 5.92 Å². The summed E-state index contributed by atoms with van der Waals surface area (Å²) in [6.07, 6.45) is -0.998. The van der Waals surface area contributed by atoms with Crippen molar-refractivity contribution in [2.45, 2.75) is 12.5 Å². The second-order valence-electron chi connectivity index (χ2n) is 4.25. The van der Waals surface area contributed by atoms with E-state index in [9.17, 15) is 22.3 Å². The molecule has 0 aliphatic carbocycles. The van der Waals surface area contributed by atoms with Crippen LogP contribution in [0.15, 0.2) is 18.2 Å². The Labute approximate surface area is 98.0 Å². The standard InChI is InChI=1S/C11H12F2O3S/c12-9-3-1-2-8(10(9)13)11(14)7-4-5-17(15,16)6-7/h1-3,7,11,14H,4-6H2.